The van der Waals surface area contributed by atoms with Crippen LogP contribution in [0.25, 0.3) is 0 Å². The largest absolute Gasteiger partial charge is 0.440 e. The third-order valence-corrected chi connectivity index (χ3v) is 3.71. The Hall–Kier alpha value is -1.31. The van der Waals surface area contributed by atoms with Crippen LogP contribution in [0, 0.1) is 10.1 Å². The molecular weight excluding hydrogens is 366 g/mol. The minimum atomic E-state index is -0.494. The second-order valence-electron chi connectivity index (χ2n) is 3.09. The Morgan fingerprint density at radius 2 is 2.39 bits per heavy atom. The van der Waals surface area contributed by atoms with Crippen LogP contribution in [0.4, 0.5) is 5.69 Å². The maximum Gasteiger partial charge on any atom is 0.351 e. The maximum atomic E-state index is 10.6. The van der Waals surface area contributed by atoms with Crippen molar-refractivity contribution < 1.29 is 9.66 Å². The number of nitro groups is 1. The van der Waals surface area contributed by atoms with Gasteiger partial charge in [-0.15, -0.1) is 0 Å². The van der Waals surface area contributed by atoms with Crippen molar-refractivity contribution in [1.29, 1.82) is 0 Å². The number of non-ortho nitro benzene ring substituents is 1. The standard InChI is InChI=1S/C9H6IN4O3.Al/c11-9-12-8(5-10-13-9)17-7-3-1-2-6(4-7)14(15)16;/h1-5H,(H-,11,12,13);/q-1;+1. The lowest BCUT2D eigenvalue weighted by Gasteiger charge is -2.13. The molecule has 18 heavy (non-hydrogen) atoms. The van der Waals surface area contributed by atoms with E-state index in [4.69, 9.17) is 4.74 Å². The summed E-state index contributed by atoms with van der Waals surface area (Å²) in [6.45, 7) is 0. The van der Waals surface area contributed by atoms with Gasteiger partial charge in [-0.25, -0.2) is 0 Å². The number of rotatable bonds is 3. The average molecular weight is 372 g/mol. The molecule has 7 nitrogen and oxygen atoms in total. The van der Waals surface area contributed by atoms with E-state index in [2.05, 4.69) is 28.9 Å². The normalized spacial score (nSPS) is 16.4. The van der Waals surface area contributed by atoms with Crippen LogP contribution in [-0.4, -0.2) is 27.4 Å². The Labute approximate surface area is 121 Å². The predicted octanol–water partition coefficient (Wildman–Crippen LogP) is 1.97. The van der Waals surface area contributed by atoms with E-state index in [0.717, 1.165) is 0 Å². The molecule has 0 saturated carbocycles. The van der Waals surface area contributed by atoms with E-state index in [9.17, 15) is 10.1 Å². The maximum absolute atomic E-state index is 10.6. The van der Waals surface area contributed by atoms with E-state index < -0.39 is 26.0 Å². The van der Waals surface area contributed by atoms with Crippen molar-refractivity contribution in [2.75, 3.05) is 0 Å². The van der Waals surface area contributed by atoms with E-state index in [1.165, 1.54) is 12.1 Å². The first-order chi connectivity index (χ1) is 8.69. The summed E-state index contributed by atoms with van der Waals surface area (Å²) in [4.78, 5) is 10.2. The summed E-state index contributed by atoms with van der Waals surface area (Å²) in [6, 6.07) is 6.00. The first kappa shape index (κ1) is 13.1. The third-order valence-electron chi connectivity index (χ3n) is 1.89. The zero-order valence-corrected chi connectivity index (χ0v) is 12.2. The first-order valence-electron chi connectivity index (χ1n) is 4.70. The predicted molar refractivity (Wildman–Crippen MR) is 74.6 cm³/mol. The SMILES string of the molecule is O=[N+]([O-])c1cccc(OC2=CI=NC(=[N][Al])N2)c1. The average Bonchev–Trinajstić information content (AvgIpc) is 2.39. The third kappa shape index (κ3) is 3.35. The lowest BCUT2D eigenvalue weighted by Crippen LogP contribution is -2.25. The van der Waals surface area contributed by atoms with Gasteiger partial charge < -0.3 is 8.71 Å². The van der Waals surface area contributed by atoms with Crippen LogP contribution < -0.4 is 10.1 Å². The van der Waals surface area contributed by atoms with Gasteiger partial charge in [-0.05, 0) is 6.07 Å². The molecule has 0 spiro atoms. The van der Waals surface area contributed by atoms with Crippen molar-refractivity contribution >= 4 is 49.2 Å². The molecule has 1 aromatic rings. The fourth-order valence-corrected chi connectivity index (χ4v) is 2.70. The van der Waals surface area contributed by atoms with Crippen LogP contribution in [0.3, 0.4) is 0 Å². The smallest absolute Gasteiger partial charge is 0.351 e. The molecule has 0 amide bonds. The van der Waals surface area contributed by atoms with Crippen molar-refractivity contribution in [1.82, 2.24) is 5.32 Å². The highest BCUT2D eigenvalue weighted by atomic mass is 127. The summed E-state index contributed by atoms with van der Waals surface area (Å²) in [7, 11) is 0. The number of ether oxygens (including phenoxy) is 1. The van der Waals surface area contributed by atoms with Crippen molar-refractivity contribution in [2.24, 2.45) is 7.12 Å². The topological polar surface area (TPSA) is 89.1 Å². The van der Waals surface area contributed by atoms with Crippen molar-refractivity contribution in [2.45, 2.75) is 0 Å². The number of nitro benzene ring substituents is 1. The summed E-state index contributed by atoms with van der Waals surface area (Å²) >= 11 is 1.72. The Kier molecular flexibility index (Phi) is 4.40. The molecule has 90 valence electrons. The number of nitrogens with one attached hydrogen (secondary N) is 1. The molecule has 0 bridgehead atoms. The first-order valence-corrected chi connectivity index (χ1v) is 7.43. The van der Waals surface area contributed by atoms with Crippen LogP contribution in [0.5, 0.6) is 5.75 Å². The molecule has 0 saturated heterocycles. The van der Waals surface area contributed by atoms with E-state index in [0.29, 0.717) is 17.6 Å². The summed E-state index contributed by atoms with van der Waals surface area (Å²) in [5.41, 5.74) is -0.0109. The Morgan fingerprint density at radius 1 is 1.56 bits per heavy atom. The molecule has 2 radical (unpaired) electrons. The van der Waals surface area contributed by atoms with Crippen LogP contribution in [0.15, 0.2) is 41.4 Å². The van der Waals surface area contributed by atoms with Gasteiger partial charge in [-0.1, -0.05) is 6.07 Å². The van der Waals surface area contributed by atoms with Gasteiger partial charge >= 0.3 is 16.5 Å². The summed E-state index contributed by atoms with van der Waals surface area (Å²) in [5, 5.41) is 13.5. The van der Waals surface area contributed by atoms with Gasteiger partial charge in [0.1, 0.15) is 5.75 Å². The van der Waals surface area contributed by atoms with E-state index >= 15 is 0 Å². The molecule has 1 N–H and O–H groups in total. The molecule has 0 fully saturated rings. The zero-order chi connectivity index (χ0) is 13.0. The fourth-order valence-electron chi connectivity index (χ4n) is 1.16. The van der Waals surface area contributed by atoms with Crippen molar-refractivity contribution in [3.8, 4) is 5.75 Å². The van der Waals surface area contributed by atoms with E-state index in [1.807, 2.05) is 4.08 Å². The van der Waals surface area contributed by atoms with Crippen molar-refractivity contribution in [3.05, 3.63) is 44.3 Å². The number of hydrogen-bond acceptors (Lipinski definition) is 4. The fraction of sp³-hybridized carbons (Fsp3) is 0. The van der Waals surface area contributed by atoms with Gasteiger partial charge in [0.15, 0.2) is 0 Å². The number of hydrogen-bond donors (Lipinski definition) is 1. The quantitative estimate of drug-likeness (QED) is 0.380. The molecule has 2 rings (SSSR count). The number of halogens is 1. The second-order valence-corrected chi connectivity index (χ2v) is 5.01. The summed E-state index contributed by atoms with van der Waals surface area (Å²) in [5.74, 6) is 1.38. The molecular formula is C9H6AlIN4O3. The van der Waals surface area contributed by atoms with Crippen LogP contribution >= 0.6 is 21.0 Å². The summed E-state index contributed by atoms with van der Waals surface area (Å²) in [6.07, 6.45) is 0. The van der Waals surface area contributed by atoms with E-state index in [1.54, 1.807) is 12.1 Å². The molecule has 9 heteroatoms. The van der Waals surface area contributed by atoms with Crippen LogP contribution in [-0.2, 0) is 0 Å². The van der Waals surface area contributed by atoms with Gasteiger partial charge in [0.25, 0.3) is 5.69 Å². The monoisotopic (exact) mass is 372 g/mol. The Balaban J connectivity index is 2.15. The highest BCUT2D eigenvalue weighted by molar-refractivity contribution is 14.2. The second kappa shape index (κ2) is 6.03. The molecule has 1 heterocycles. The van der Waals surface area contributed by atoms with Gasteiger partial charge in [-0.2, -0.15) is 3.15 Å². The van der Waals surface area contributed by atoms with Gasteiger partial charge in [0.05, 0.1) is 15.1 Å². The lowest BCUT2D eigenvalue weighted by atomic mass is 10.3. The van der Waals surface area contributed by atoms with E-state index in [-0.39, 0.29) is 5.69 Å². The highest BCUT2D eigenvalue weighted by Crippen LogP contribution is 2.22. The highest BCUT2D eigenvalue weighted by Gasteiger charge is 2.10. The minimum Gasteiger partial charge on any atom is -0.440 e. The molecule has 0 aromatic heterocycles. The number of benzene rings is 1. The zero-order valence-electron chi connectivity index (χ0n) is 8.91. The number of guanidine groups is 1. The van der Waals surface area contributed by atoms with Crippen LogP contribution in [0.2, 0.25) is 0 Å². The van der Waals surface area contributed by atoms with Gasteiger partial charge in [0, 0.05) is 27.1 Å². The van der Waals surface area contributed by atoms with Crippen LogP contribution in [0.1, 0.15) is 0 Å². The Morgan fingerprint density at radius 3 is 3.11 bits per heavy atom. The molecule has 1 aromatic carbocycles. The molecule has 0 atom stereocenters. The molecule has 0 aliphatic carbocycles. The van der Waals surface area contributed by atoms with Crippen molar-refractivity contribution in [3.63, 3.8) is 0 Å². The van der Waals surface area contributed by atoms with Gasteiger partial charge in [-0.3, -0.25) is 15.4 Å². The Bertz CT molecular complexity index is 573. The molecule has 1 aliphatic heterocycles. The summed E-state index contributed by atoms with van der Waals surface area (Å²) < 4.78 is 15.3. The van der Waals surface area contributed by atoms with Gasteiger partial charge in [0.2, 0.25) is 11.8 Å². The molecule has 0 unspecified atom stereocenters. The lowest BCUT2D eigenvalue weighted by molar-refractivity contribution is -0.384. The minimum absolute atomic E-state index is 0.0109. The molecule has 1 aliphatic rings. The number of nitrogens with zero attached hydrogens (tertiary/aromatic N) is 3.